The minimum atomic E-state index is -0.294. The number of hydrogen-bond acceptors (Lipinski definition) is 2. The number of rotatable bonds is 2. The molecule has 0 fully saturated rings. The van der Waals surface area contributed by atoms with E-state index in [0.29, 0.717) is 22.2 Å². The van der Waals surface area contributed by atoms with E-state index in [-0.39, 0.29) is 17.8 Å². The average Bonchev–Trinajstić information content (AvgIpc) is 3.12. The highest BCUT2D eigenvalue weighted by Crippen LogP contribution is 2.38. The third-order valence-corrected chi connectivity index (χ3v) is 6.31. The molecule has 0 bridgehead atoms. The molecular formula is C20H14Cl2FNOS. The van der Waals surface area contributed by atoms with Crippen molar-refractivity contribution in [3.63, 3.8) is 0 Å². The Morgan fingerprint density at radius 2 is 1.85 bits per heavy atom. The molecule has 1 amide bonds. The Hall–Kier alpha value is -1.88. The number of halogens is 3. The first-order valence-electron chi connectivity index (χ1n) is 8.12. The van der Waals surface area contributed by atoms with Gasteiger partial charge in [-0.05, 0) is 59.3 Å². The van der Waals surface area contributed by atoms with Crippen molar-refractivity contribution in [1.82, 2.24) is 4.90 Å². The molecule has 1 atom stereocenters. The van der Waals surface area contributed by atoms with Crippen LogP contribution in [0.1, 0.15) is 32.4 Å². The van der Waals surface area contributed by atoms with E-state index in [1.807, 2.05) is 16.3 Å². The molecule has 0 saturated heterocycles. The highest BCUT2D eigenvalue weighted by Gasteiger charge is 2.33. The number of carbonyl (C=O) groups excluding carboxylic acids is 1. The zero-order valence-electron chi connectivity index (χ0n) is 13.6. The normalized spacial score (nSPS) is 16.4. The third kappa shape index (κ3) is 3.13. The minimum absolute atomic E-state index is 0.116. The number of carbonyl (C=O) groups is 1. The molecule has 3 aromatic rings. The molecule has 1 aliphatic rings. The molecule has 132 valence electrons. The second kappa shape index (κ2) is 7.03. The second-order valence-electron chi connectivity index (χ2n) is 6.13. The Kier molecular flexibility index (Phi) is 4.74. The molecule has 6 heteroatoms. The smallest absolute Gasteiger partial charge is 0.254 e. The molecule has 0 radical (unpaired) electrons. The largest absolute Gasteiger partial charge is 0.327 e. The van der Waals surface area contributed by atoms with Gasteiger partial charge in [-0.25, -0.2) is 4.39 Å². The molecule has 4 rings (SSSR count). The number of nitrogens with zero attached hydrogens (tertiary/aromatic N) is 1. The van der Waals surface area contributed by atoms with Crippen LogP contribution in [-0.4, -0.2) is 17.4 Å². The summed E-state index contributed by atoms with van der Waals surface area (Å²) in [6, 6.07) is 13.0. The van der Waals surface area contributed by atoms with E-state index in [2.05, 4.69) is 0 Å². The van der Waals surface area contributed by atoms with Gasteiger partial charge in [0.2, 0.25) is 0 Å². The van der Waals surface area contributed by atoms with Gasteiger partial charge in [0.1, 0.15) is 5.82 Å². The van der Waals surface area contributed by atoms with Crippen LogP contribution in [-0.2, 0) is 6.42 Å². The van der Waals surface area contributed by atoms with Gasteiger partial charge in [0.05, 0.1) is 16.1 Å². The third-order valence-electron chi connectivity index (χ3n) is 4.58. The molecule has 2 aromatic carbocycles. The molecule has 1 aromatic heterocycles. The monoisotopic (exact) mass is 405 g/mol. The highest BCUT2D eigenvalue weighted by atomic mass is 35.5. The Labute approximate surface area is 164 Å². The van der Waals surface area contributed by atoms with Crippen molar-refractivity contribution in [3.05, 3.63) is 91.3 Å². The van der Waals surface area contributed by atoms with Gasteiger partial charge in [0.25, 0.3) is 5.91 Å². The van der Waals surface area contributed by atoms with Crippen LogP contribution in [0.15, 0.2) is 53.9 Å². The van der Waals surface area contributed by atoms with E-state index in [9.17, 15) is 9.18 Å². The fraction of sp³-hybridized carbons (Fsp3) is 0.150. The van der Waals surface area contributed by atoms with E-state index in [1.54, 1.807) is 41.7 Å². The van der Waals surface area contributed by atoms with Gasteiger partial charge in [-0.15, -0.1) is 11.3 Å². The molecule has 2 nitrogen and oxygen atoms in total. The molecule has 0 aliphatic carbocycles. The van der Waals surface area contributed by atoms with E-state index in [1.165, 1.54) is 17.0 Å². The predicted molar refractivity (Wildman–Crippen MR) is 104 cm³/mol. The standard InChI is InChI=1S/C20H14Cl2FNOS/c21-16-6-3-13(11-17(16)22)20(25)24-9-7-18-15(8-10-26-18)19(24)12-1-4-14(23)5-2-12/h1-6,8,10-11,19H,7,9H2. The number of hydrogen-bond donors (Lipinski definition) is 0. The Morgan fingerprint density at radius 1 is 1.08 bits per heavy atom. The van der Waals surface area contributed by atoms with Crippen LogP contribution in [0.2, 0.25) is 10.0 Å². The summed E-state index contributed by atoms with van der Waals surface area (Å²) in [5, 5.41) is 2.80. The fourth-order valence-electron chi connectivity index (χ4n) is 3.33. The quantitative estimate of drug-likeness (QED) is 0.513. The van der Waals surface area contributed by atoms with Gasteiger partial charge >= 0.3 is 0 Å². The maximum absolute atomic E-state index is 13.4. The van der Waals surface area contributed by atoms with Crippen molar-refractivity contribution in [2.45, 2.75) is 12.5 Å². The van der Waals surface area contributed by atoms with E-state index in [0.717, 1.165) is 17.5 Å². The number of benzene rings is 2. The van der Waals surface area contributed by atoms with Crippen LogP contribution in [0.5, 0.6) is 0 Å². The lowest BCUT2D eigenvalue weighted by molar-refractivity contribution is 0.0696. The van der Waals surface area contributed by atoms with Gasteiger partial charge < -0.3 is 4.90 Å². The van der Waals surface area contributed by atoms with Crippen LogP contribution in [0.3, 0.4) is 0 Å². The van der Waals surface area contributed by atoms with E-state index in [4.69, 9.17) is 23.2 Å². The lowest BCUT2D eigenvalue weighted by Gasteiger charge is -2.36. The average molecular weight is 406 g/mol. The Morgan fingerprint density at radius 3 is 2.58 bits per heavy atom. The summed E-state index contributed by atoms with van der Waals surface area (Å²) < 4.78 is 13.4. The fourth-order valence-corrected chi connectivity index (χ4v) is 4.54. The van der Waals surface area contributed by atoms with Gasteiger partial charge in [-0.3, -0.25) is 4.79 Å². The maximum Gasteiger partial charge on any atom is 0.254 e. The molecule has 0 N–H and O–H groups in total. The van der Waals surface area contributed by atoms with Crippen molar-refractivity contribution in [2.24, 2.45) is 0 Å². The lowest BCUT2D eigenvalue weighted by Crippen LogP contribution is -2.40. The van der Waals surface area contributed by atoms with Gasteiger partial charge in [0.15, 0.2) is 0 Å². The van der Waals surface area contributed by atoms with Crippen molar-refractivity contribution in [3.8, 4) is 0 Å². The number of fused-ring (bicyclic) bond motifs is 1. The Bertz CT molecular complexity index is 970. The van der Waals surface area contributed by atoms with Gasteiger partial charge in [-0.2, -0.15) is 0 Å². The summed E-state index contributed by atoms with van der Waals surface area (Å²) in [6.45, 7) is 0.592. The molecule has 1 unspecified atom stereocenters. The molecule has 26 heavy (non-hydrogen) atoms. The van der Waals surface area contributed by atoms with Crippen molar-refractivity contribution in [1.29, 1.82) is 0 Å². The Balaban J connectivity index is 1.77. The van der Waals surface area contributed by atoms with Crippen LogP contribution in [0.25, 0.3) is 0 Å². The topological polar surface area (TPSA) is 20.3 Å². The lowest BCUT2D eigenvalue weighted by atomic mass is 9.92. The molecular weight excluding hydrogens is 392 g/mol. The van der Waals surface area contributed by atoms with Crippen LogP contribution < -0.4 is 0 Å². The summed E-state index contributed by atoms with van der Waals surface area (Å²) in [4.78, 5) is 16.3. The summed E-state index contributed by atoms with van der Waals surface area (Å²) >= 11 is 13.8. The van der Waals surface area contributed by atoms with Crippen molar-refractivity contribution in [2.75, 3.05) is 6.54 Å². The van der Waals surface area contributed by atoms with Gasteiger partial charge in [0, 0.05) is 17.0 Å². The molecule has 0 saturated carbocycles. The van der Waals surface area contributed by atoms with Crippen LogP contribution >= 0.6 is 34.5 Å². The van der Waals surface area contributed by atoms with Crippen molar-refractivity contribution < 1.29 is 9.18 Å². The van der Waals surface area contributed by atoms with Crippen LogP contribution in [0, 0.1) is 5.82 Å². The zero-order chi connectivity index (χ0) is 18.3. The molecule has 2 heterocycles. The summed E-state index contributed by atoms with van der Waals surface area (Å²) in [5.41, 5.74) is 2.48. The van der Waals surface area contributed by atoms with Crippen LogP contribution in [0.4, 0.5) is 4.39 Å². The first-order valence-corrected chi connectivity index (χ1v) is 9.76. The minimum Gasteiger partial charge on any atom is -0.327 e. The predicted octanol–water partition coefficient (Wildman–Crippen LogP) is 5.98. The first-order chi connectivity index (χ1) is 12.5. The summed E-state index contributed by atoms with van der Waals surface area (Å²) in [5.74, 6) is -0.410. The SMILES string of the molecule is O=C(c1ccc(Cl)c(Cl)c1)N1CCc2sccc2C1c1ccc(F)cc1. The molecule has 1 aliphatic heterocycles. The first kappa shape index (κ1) is 17.5. The summed E-state index contributed by atoms with van der Waals surface area (Å²) in [6.07, 6.45) is 0.803. The number of thiophene rings is 1. The molecule has 0 spiro atoms. The summed E-state index contributed by atoms with van der Waals surface area (Å²) in [7, 11) is 0. The van der Waals surface area contributed by atoms with Gasteiger partial charge in [-0.1, -0.05) is 35.3 Å². The highest BCUT2D eigenvalue weighted by molar-refractivity contribution is 7.10. The number of amides is 1. The van der Waals surface area contributed by atoms with E-state index < -0.39 is 0 Å². The van der Waals surface area contributed by atoms with E-state index >= 15 is 0 Å². The van der Waals surface area contributed by atoms with Crippen molar-refractivity contribution >= 4 is 40.4 Å². The second-order valence-corrected chi connectivity index (χ2v) is 7.95. The zero-order valence-corrected chi connectivity index (χ0v) is 15.9. The maximum atomic E-state index is 13.4.